The number of aromatic nitrogens is 1. The number of nitrogens with zero attached hydrogens (tertiary/aromatic N) is 2. The van der Waals surface area contributed by atoms with E-state index in [1.54, 1.807) is 12.1 Å². The predicted octanol–water partition coefficient (Wildman–Crippen LogP) is 2.56. The monoisotopic (exact) mass is 350 g/mol. The van der Waals surface area contributed by atoms with Crippen molar-refractivity contribution in [3.8, 4) is 0 Å². The molecule has 6 nitrogen and oxygen atoms in total. The van der Waals surface area contributed by atoms with Gasteiger partial charge in [0, 0.05) is 17.8 Å². The average Bonchev–Trinajstić information content (AvgIpc) is 3.15. The summed E-state index contributed by atoms with van der Waals surface area (Å²) in [5.74, 6) is -1.19. The minimum Gasteiger partial charge on any atom is -0.874 e. The molecule has 0 aliphatic carbocycles. The third-order valence-corrected chi connectivity index (χ3v) is 5.05. The highest BCUT2D eigenvalue weighted by molar-refractivity contribution is 7.19. The molecule has 0 bridgehead atoms. The Hall–Kier alpha value is -3.19. The molecule has 1 aromatic heterocycles. The van der Waals surface area contributed by atoms with E-state index in [2.05, 4.69) is 4.98 Å². The van der Waals surface area contributed by atoms with Crippen LogP contribution in [-0.2, 0) is 0 Å². The zero-order valence-electron chi connectivity index (χ0n) is 12.9. The van der Waals surface area contributed by atoms with Crippen LogP contribution in [0.3, 0.4) is 0 Å². The van der Waals surface area contributed by atoms with E-state index in [-0.39, 0.29) is 29.3 Å². The van der Waals surface area contributed by atoms with Crippen LogP contribution in [0.25, 0.3) is 15.8 Å². The first-order valence-corrected chi connectivity index (χ1v) is 8.32. The van der Waals surface area contributed by atoms with Gasteiger partial charge >= 0.3 is 5.97 Å². The van der Waals surface area contributed by atoms with E-state index in [0.717, 1.165) is 10.2 Å². The van der Waals surface area contributed by atoms with Gasteiger partial charge in [0.1, 0.15) is 10.8 Å². The van der Waals surface area contributed by atoms with E-state index in [1.165, 1.54) is 28.4 Å². The van der Waals surface area contributed by atoms with Crippen LogP contribution in [-0.4, -0.2) is 28.4 Å². The second kappa shape index (κ2) is 5.71. The van der Waals surface area contributed by atoms with Crippen molar-refractivity contribution in [1.82, 2.24) is 4.98 Å². The van der Waals surface area contributed by atoms with Gasteiger partial charge in [0.05, 0.1) is 15.8 Å². The van der Waals surface area contributed by atoms with Crippen molar-refractivity contribution in [1.29, 1.82) is 5.41 Å². The van der Waals surface area contributed by atoms with E-state index in [0.29, 0.717) is 10.7 Å². The van der Waals surface area contributed by atoms with Crippen LogP contribution in [0.5, 0.6) is 0 Å². The first-order valence-electron chi connectivity index (χ1n) is 7.50. The molecule has 0 radical (unpaired) electrons. The molecule has 1 aliphatic heterocycles. The standard InChI is InChI=1S/C18H13N3O3S/c19-16-15(17-20-12-6-1-2-7-14(12)25-17)13(22)9-21(16)11-5-3-4-10(8-11)18(23)24/h1-8,19,22H,9H2,(H,23,24)/p-1. The summed E-state index contributed by atoms with van der Waals surface area (Å²) in [7, 11) is 0. The van der Waals surface area contributed by atoms with Crippen molar-refractivity contribution in [3.05, 3.63) is 64.9 Å². The molecule has 124 valence electrons. The SMILES string of the molecule is N=C1C(c2nc3ccccc3s2)=C([O-])CN1c1cccc(C(=O)O)c1. The van der Waals surface area contributed by atoms with E-state index >= 15 is 0 Å². The van der Waals surface area contributed by atoms with E-state index < -0.39 is 5.97 Å². The van der Waals surface area contributed by atoms with Crippen LogP contribution >= 0.6 is 11.3 Å². The maximum absolute atomic E-state index is 12.5. The molecular formula is C18H12N3O3S-. The van der Waals surface area contributed by atoms with E-state index in [1.807, 2.05) is 24.3 Å². The zero-order chi connectivity index (χ0) is 17.6. The lowest BCUT2D eigenvalue weighted by Gasteiger charge is -2.20. The summed E-state index contributed by atoms with van der Waals surface area (Å²) in [6.07, 6.45) is 0. The number of amidine groups is 1. The molecule has 0 unspecified atom stereocenters. The Morgan fingerprint density at radius 1 is 1.24 bits per heavy atom. The van der Waals surface area contributed by atoms with Gasteiger partial charge in [-0.05, 0) is 30.3 Å². The number of benzene rings is 2. The van der Waals surface area contributed by atoms with Crippen LogP contribution in [0.1, 0.15) is 15.4 Å². The van der Waals surface area contributed by atoms with Gasteiger partial charge in [-0.2, -0.15) is 0 Å². The largest absolute Gasteiger partial charge is 0.874 e. The summed E-state index contributed by atoms with van der Waals surface area (Å²) in [6, 6.07) is 13.8. The molecule has 2 heterocycles. The molecule has 0 fully saturated rings. The first kappa shape index (κ1) is 15.3. The van der Waals surface area contributed by atoms with Gasteiger partial charge in [0.2, 0.25) is 0 Å². The summed E-state index contributed by atoms with van der Waals surface area (Å²) in [4.78, 5) is 17.1. The fourth-order valence-electron chi connectivity index (χ4n) is 2.80. The number of para-hydroxylation sites is 1. The van der Waals surface area contributed by atoms with Crippen molar-refractivity contribution < 1.29 is 15.0 Å². The molecule has 2 aromatic carbocycles. The van der Waals surface area contributed by atoms with Crippen LogP contribution in [0.2, 0.25) is 0 Å². The highest BCUT2D eigenvalue weighted by Gasteiger charge is 2.27. The Morgan fingerprint density at radius 3 is 2.80 bits per heavy atom. The molecule has 1 aliphatic rings. The van der Waals surface area contributed by atoms with Crippen LogP contribution in [0, 0.1) is 5.41 Å². The van der Waals surface area contributed by atoms with Gasteiger partial charge in [-0.3, -0.25) is 5.41 Å². The maximum Gasteiger partial charge on any atom is 0.335 e. The van der Waals surface area contributed by atoms with Crippen molar-refractivity contribution in [2.45, 2.75) is 0 Å². The molecule has 3 aromatic rings. The van der Waals surface area contributed by atoms with Gasteiger partial charge in [0.15, 0.2) is 0 Å². The Morgan fingerprint density at radius 2 is 2.04 bits per heavy atom. The summed E-state index contributed by atoms with van der Waals surface area (Å²) in [5.41, 5.74) is 1.70. The molecule has 25 heavy (non-hydrogen) atoms. The van der Waals surface area contributed by atoms with Gasteiger partial charge in [-0.1, -0.05) is 24.0 Å². The van der Waals surface area contributed by atoms with Gasteiger partial charge in [-0.25, -0.2) is 9.78 Å². The third kappa shape index (κ3) is 2.54. The highest BCUT2D eigenvalue weighted by atomic mass is 32.1. The Labute approximate surface area is 146 Å². The Balaban J connectivity index is 1.72. The Kier molecular flexibility index (Phi) is 3.51. The summed E-state index contributed by atoms with van der Waals surface area (Å²) in [6.45, 7) is 0.00711. The number of carboxylic acid groups (broad SMARTS) is 1. The zero-order valence-corrected chi connectivity index (χ0v) is 13.7. The number of aromatic carboxylic acids is 1. The molecule has 0 atom stereocenters. The maximum atomic E-state index is 12.5. The second-order valence-corrected chi connectivity index (χ2v) is 6.61. The summed E-state index contributed by atoms with van der Waals surface area (Å²) >= 11 is 1.38. The molecule has 2 N–H and O–H groups in total. The lowest BCUT2D eigenvalue weighted by Crippen LogP contribution is -2.27. The number of anilines is 1. The quantitative estimate of drug-likeness (QED) is 0.756. The van der Waals surface area contributed by atoms with Gasteiger partial charge in [0.25, 0.3) is 0 Å². The summed E-state index contributed by atoms with van der Waals surface area (Å²) in [5, 5.41) is 30.6. The fraction of sp³-hybridized carbons (Fsp3) is 0.0556. The highest BCUT2D eigenvalue weighted by Crippen LogP contribution is 2.34. The van der Waals surface area contributed by atoms with Gasteiger partial charge < -0.3 is 15.1 Å². The van der Waals surface area contributed by atoms with E-state index in [9.17, 15) is 9.90 Å². The first-order chi connectivity index (χ1) is 12.0. The van der Waals surface area contributed by atoms with Gasteiger partial charge in [-0.15, -0.1) is 11.3 Å². The minimum atomic E-state index is -1.05. The number of thiazole rings is 1. The molecule has 0 saturated carbocycles. The van der Waals surface area contributed by atoms with Crippen LogP contribution in [0.4, 0.5) is 5.69 Å². The topological polar surface area (TPSA) is 100 Å². The normalized spacial score (nSPS) is 14.6. The van der Waals surface area contributed by atoms with Crippen molar-refractivity contribution in [3.63, 3.8) is 0 Å². The van der Waals surface area contributed by atoms with E-state index in [4.69, 9.17) is 10.5 Å². The average molecular weight is 350 g/mol. The fourth-order valence-corrected chi connectivity index (χ4v) is 3.83. The lowest BCUT2D eigenvalue weighted by molar-refractivity contribution is -0.300. The number of fused-ring (bicyclic) bond motifs is 1. The number of carboxylic acids is 1. The number of hydrogen-bond acceptors (Lipinski definition) is 5. The second-order valence-electron chi connectivity index (χ2n) is 5.58. The minimum absolute atomic E-state index is 0.00711. The molecule has 0 spiro atoms. The predicted molar refractivity (Wildman–Crippen MR) is 95.0 cm³/mol. The molecule has 4 rings (SSSR count). The number of nitrogens with one attached hydrogen (secondary N) is 1. The molecule has 0 amide bonds. The Bertz CT molecular complexity index is 1020. The van der Waals surface area contributed by atoms with Crippen LogP contribution < -0.4 is 10.0 Å². The number of hydrogen-bond donors (Lipinski definition) is 2. The lowest BCUT2D eigenvalue weighted by atomic mass is 10.2. The smallest absolute Gasteiger partial charge is 0.335 e. The molecule has 7 heteroatoms. The molecule has 0 saturated heterocycles. The van der Waals surface area contributed by atoms with Crippen LogP contribution in [0.15, 0.2) is 54.3 Å². The number of rotatable bonds is 3. The number of carbonyl (C=O) groups is 1. The van der Waals surface area contributed by atoms with Crippen molar-refractivity contribution in [2.24, 2.45) is 0 Å². The van der Waals surface area contributed by atoms with Crippen molar-refractivity contribution >= 4 is 44.6 Å². The summed E-state index contributed by atoms with van der Waals surface area (Å²) < 4.78 is 0.955. The molecular weight excluding hydrogens is 338 g/mol. The third-order valence-electron chi connectivity index (χ3n) is 4.00. The van der Waals surface area contributed by atoms with Crippen molar-refractivity contribution in [2.75, 3.05) is 11.4 Å².